The van der Waals surface area contributed by atoms with Gasteiger partial charge in [-0.05, 0) is 49.6 Å². The molecule has 1 saturated heterocycles. The molecule has 2 N–H and O–H groups in total. The monoisotopic (exact) mass is 390 g/mol. The lowest BCUT2D eigenvalue weighted by Crippen LogP contribution is -2.30. The fourth-order valence-electron chi connectivity index (χ4n) is 3.11. The molecule has 0 aromatic heterocycles. The largest absolute Gasteiger partial charge is 0.478 e. The number of benzene rings is 1. The summed E-state index contributed by atoms with van der Waals surface area (Å²) in [5, 5.41) is 0. The van der Waals surface area contributed by atoms with Gasteiger partial charge in [0.15, 0.2) is 6.10 Å². The molecule has 0 amide bonds. The van der Waals surface area contributed by atoms with Crippen LogP contribution in [0, 0.1) is 5.92 Å². The van der Waals surface area contributed by atoms with E-state index in [-0.39, 0.29) is 29.8 Å². The molecule has 25 heavy (non-hydrogen) atoms. The number of sulfonamides is 1. The number of halogens is 1. The van der Waals surface area contributed by atoms with E-state index in [4.69, 9.17) is 15.2 Å². The van der Waals surface area contributed by atoms with Gasteiger partial charge in [-0.1, -0.05) is 0 Å². The molecule has 0 saturated carbocycles. The van der Waals surface area contributed by atoms with E-state index in [1.54, 1.807) is 19.1 Å². The van der Waals surface area contributed by atoms with Gasteiger partial charge in [-0.15, -0.1) is 12.4 Å². The van der Waals surface area contributed by atoms with Gasteiger partial charge in [-0.3, -0.25) is 0 Å². The number of carbonyl (C=O) groups excluding carboxylic acids is 1. The Kier molecular flexibility index (Phi) is 6.31. The summed E-state index contributed by atoms with van der Waals surface area (Å²) in [6.45, 7) is 3.45. The van der Waals surface area contributed by atoms with Gasteiger partial charge in [-0.25, -0.2) is 13.2 Å². The molecule has 1 fully saturated rings. The van der Waals surface area contributed by atoms with Crippen LogP contribution in [0.15, 0.2) is 23.1 Å². The van der Waals surface area contributed by atoms with Gasteiger partial charge in [0.05, 0.1) is 11.5 Å². The van der Waals surface area contributed by atoms with E-state index in [0.29, 0.717) is 37.4 Å². The fraction of sp³-hybridized carbons (Fsp3) is 0.562. The van der Waals surface area contributed by atoms with Crippen molar-refractivity contribution in [3.8, 4) is 5.75 Å². The first-order valence-electron chi connectivity index (χ1n) is 8.12. The van der Waals surface area contributed by atoms with Gasteiger partial charge in [0.1, 0.15) is 5.75 Å². The number of esters is 1. The maximum atomic E-state index is 12.8. The molecule has 0 bridgehead atoms. The number of hydrogen-bond acceptors (Lipinski definition) is 6. The average Bonchev–Trinajstić information content (AvgIpc) is 3.21. The van der Waals surface area contributed by atoms with Gasteiger partial charge < -0.3 is 15.2 Å². The number of nitrogens with zero attached hydrogens (tertiary/aromatic N) is 1. The maximum Gasteiger partial charge on any atom is 0.347 e. The van der Waals surface area contributed by atoms with Crippen LogP contribution in [0.4, 0.5) is 0 Å². The third kappa shape index (κ3) is 3.92. The van der Waals surface area contributed by atoms with E-state index in [1.165, 1.54) is 10.4 Å². The number of ether oxygens (including phenoxy) is 2. The van der Waals surface area contributed by atoms with Gasteiger partial charge in [-0.2, -0.15) is 4.31 Å². The lowest BCUT2D eigenvalue weighted by molar-refractivity contribution is -0.150. The highest BCUT2D eigenvalue weighted by atomic mass is 35.5. The van der Waals surface area contributed by atoms with E-state index in [9.17, 15) is 13.2 Å². The maximum absolute atomic E-state index is 12.8. The van der Waals surface area contributed by atoms with Gasteiger partial charge in [0, 0.05) is 19.5 Å². The summed E-state index contributed by atoms with van der Waals surface area (Å²) in [6.07, 6.45) is 0.406. The predicted molar refractivity (Wildman–Crippen MR) is 94.4 cm³/mol. The molecule has 1 aromatic rings. The summed E-state index contributed by atoms with van der Waals surface area (Å²) in [4.78, 5) is 12.0. The van der Waals surface area contributed by atoms with Crippen LogP contribution in [-0.2, 0) is 26.0 Å². The highest BCUT2D eigenvalue weighted by Gasteiger charge is 2.35. The quantitative estimate of drug-likeness (QED) is 0.751. The summed E-state index contributed by atoms with van der Waals surface area (Å²) >= 11 is 0. The number of carbonyl (C=O) groups is 1. The van der Waals surface area contributed by atoms with Crippen molar-refractivity contribution in [3.05, 3.63) is 23.8 Å². The van der Waals surface area contributed by atoms with Crippen molar-refractivity contribution in [3.63, 3.8) is 0 Å². The summed E-state index contributed by atoms with van der Waals surface area (Å²) < 4.78 is 37.5. The first-order chi connectivity index (χ1) is 11.5. The second-order valence-corrected chi connectivity index (χ2v) is 8.02. The van der Waals surface area contributed by atoms with Gasteiger partial charge in [0.25, 0.3) is 0 Å². The Labute approximate surface area is 153 Å². The van der Waals surface area contributed by atoms with E-state index >= 15 is 0 Å². The normalized spacial score (nSPS) is 22.8. The van der Waals surface area contributed by atoms with Crippen LogP contribution in [0.1, 0.15) is 18.9 Å². The first-order valence-corrected chi connectivity index (χ1v) is 9.56. The summed E-state index contributed by atoms with van der Waals surface area (Å²) in [7, 11) is -3.55. The molecule has 0 radical (unpaired) electrons. The van der Waals surface area contributed by atoms with Crippen LogP contribution in [-0.4, -0.2) is 51.0 Å². The van der Waals surface area contributed by atoms with Crippen LogP contribution in [0.25, 0.3) is 0 Å². The van der Waals surface area contributed by atoms with E-state index in [0.717, 1.165) is 6.42 Å². The van der Waals surface area contributed by atoms with E-state index < -0.39 is 22.1 Å². The topological polar surface area (TPSA) is 98.9 Å². The van der Waals surface area contributed by atoms with Crippen molar-refractivity contribution in [1.29, 1.82) is 0 Å². The minimum absolute atomic E-state index is 0. The molecule has 3 rings (SSSR count). The lowest BCUT2D eigenvalue weighted by atomic mass is 10.1. The molecule has 2 atom stereocenters. The number of fused-ring (bicyclic) bond motifs is 1. The minimum Gasteiger partial charge on any atom is -0.478 e. The standard InChI is InChI=1S/C16H22N2O5S.ClH/c1-2-22-16(19)15-8-12-7-13(3-4-14(12)23-15)24(20,21)18-6-5-11(9-17)10-18;/h3-4,7,11,15H,2,5-6,8-10,17H2,1H3;1H. The SMILES string of the molecule is CCOC(=O)C1Cc2cc(S(=O)(=O)N3CCC(CN)C3)ccc2O1.Cl. The molecule has 0 aliphatic carbocycles. The number of hydrogen-bond donors (Lipinski definition) is 1. The Morgan fingerprint density at radius 2 is 2.20 bits per heavy atom. The van der Waals surface area contributed by atoms with Crippen molar-refractivity contribution >= 4 is 28.4 Å². The zero-order valence-corrected chi connectivity index (χ0v) is 15.6. The zero-order valence-electron chi connectivity index (χ0n) is 14.0. The number of nitrogens with two attached hydrogens (primary N) is 1. The summed E-state index contributed by atoms with van der Waals surface area (Å²) in [5.41, 5.74) is 6.35. The van der Waals surface area contributed by atoms with Gasteiger partial charge in [0.2, 0.25) is 10.0 Å². The molecule has 7 nitrogen and oxygen atoms in total. The Morgan fingerprint density at radius 1 is 1.44 bits per heavy atom. The van der Waals surface area contributed by atoms with Crippen LogP contribution >= 0.6 is 12.4 Å². The smallest absolute Gasteiger partial charge is 0.347 e. The Bertz CT molecular complexity index is 740. The Hall–Kier alpha value is -1.35. The molecule has 1 aromatic carbocycles. The molecular formula is C16H23ClN2O5S. The minimum atomic E-state index is -3.55. The predicted octanol–water partition coefficient (Wildman–Crippen LogP) is 0.944. The molecular weight excluding hydrogens is 368 g/mol. The zero-order chi connectivity index (χ0) is 17.3. The average molecular weight is 391 g/mol. The van der Waals surface area contributed by atoms with Crippen molar-refractivity contribution < 1.29 is 22.7 Å². The highest BCUT2D eigenvalue weighted by molar-refractivity contribution is 7.89. The second-order valence-electron chi connectivity index (χ2n) is 6.09. The third-order valence-electron chi connectivity index (χ3n) is 4.48. The van der Waals surface area contributed by atoms with E-state index in [1.807, 2.05) is 0 Å². The van der Waals surface area contributed by atoms with Crippen LogP contribution in [0.3, 0.4) is 0 Å². The Morgan fingerprint density at radius 3 is 2.84 bits per heavy atom. The van der Waals surface area contributed by atoms with Crippen LogP contribution < -0.4 is 10.5 Å². The van der Waals surface area contributed by atoms with Crippen molar-refractivity contribution in [2.75, 3.05) is 26.2 Å². The van der Waals surface area contributed by atoms with Crippen molar-refractivity contribution in [2.45, 2.75) is 30.8 Å². The van der Waals surface area contributed by atoms with Crippen molar-refractivity contribution in [1.82, 2.24) is 4.31 Å². The molecule has 140 valence electrons. The van der Waals surface area contributed by atoms with Crippen LogP contribution in [0.5, 0.6) is 5.75 Å². The summed E-state index contributed by atoms with van der Waals surface area (Å²) in [5.74, 6) is 0.322. The third-order valence-corrected chi connectivity index (χ3v) is 6.34. The first kappa shape index (κ1) is 20.0. The molecule has 0 spiro atoms. The van der Waals surface area contributed by atoms with Crippen molar-refractivity contribution in [2.24, 2.45) is 11.7 Å². The molecule has 9 heteroatoms. The molecule has 2 aliphatic rings. The second kappa shape index (κ2) is 7.90. The Balaban J connectivity index is 0.00000225. The number of rotatable bonds is 5. The fourth-order valence-corrected chi connectivity index (χ4v) is 4.69. The molecule has 2 heterocycles. The molecule has 2 unspecified atom stereocenters. The van der Waals surface area contributed by atoms with E-state index in [2.05, 4.69) is 0 Å². The molecule has 2 aliphatic heterocycles. The summed E-state index contributed by atoms with van der Waals surface area (Å²) in [6, 6.07) is 4.73. The lowest BCUT2D eigenvalue weighted by Gasteiger charge is -2.16. The van der Waals surface area contributed by atoms with Gasteiger partial charge >= 0.3 is 5.97 Å². The highest BCUT2D eigenvalue weighted by Crippen LogP contribution is 2.33. The van der Waals surface area contributed by atoms with Crippen LogP contribution in [0.2, 0.25) is 0 Å².